The number of nitrogens with two attached hydrogens (primary N) is 1. The predicted octanol–water partition coefficient (Wildman–Crippen LogP) is 3.10. The normalized spacial score (nSPS) is 10.7. The lowest BCUT2D eigenvalue weighted by atomic mass is 10.2. The molecule has 1 amide bonds. The molecule has 5 nitrogen and oxygen atoms in total. The highest BCUT2D eigenvalue weighted by molar-refractivity contribution is 7.18. The molecule has 0 aliphatic heterocycles. The van der Waals surface area contributed by atoms with Crippen molar-refractivity contribution in [3.05, 3.63) is 47.1 Å². The Bertz CT molecular complexity index is 795. The molecule has 0 radical (unpaired) electrons. The van der Waals surface area contributed by atoms with Gasteiger partial charge < -0.3 is 11.1 Å². The van der Waals surface area contributed by atoms with Gasteiger partial charge in [0, 0.05) is 16.1 Å². The molecule has 0 saturated carbocycles. The van der Waals surface area contributed by atoms with Gasteiger partial charge in [-0.15, -0.1) is 11.3 Å². The maximum atomic E-state index is 11.1. The number of aryl methyl sites for hydroxylation is 1. The van der Waals surface area contributed by atoms with E-state index in [0.29, 0.717) is 5.56 Å². The standard InChI is InChI=1S/C15H14N4OS/c1-2-11-7-12-14(17-8-18-15(12)21-11)19-10-5-3-9(4-6-10)13(16)20/h3-8H,2H2,1H3,(H2,16,20)(H,17,18,19). The summed E-state index contributed by atoms with van der Waals surface area (Å²) in [5, 5.41) is 4.27. The van der Waals surface area contributed by atoms with Crippen LogP contribution in [-0.2, 0) is 6.42 Å². The molecule has 0 spiro atoms. The van der Waals surface area contributed by atoms with E-state index in [-0.39, 0.29) is 0 Å². The topological polar surface area (TPSA) is 80.9 Å². The molecule has 0 bridgehead atoms. The molecular weight excluding hydrogens is 284 g/mol. The molecular formula is C15H14N4OS. The average molecular weight is 298 g/mol. The second-order valence-corrected chi connectivity index (χ2v) is 5.69. The van der Waals surface area contributed by atoms with Gasteiger partial charge in [0.25, 0.3) is 0 Å². The van der Waals surface area contributed by atoms with Crippen LogP contribution >= 0.6 is 11.3 Å². The Morgan fingerprint density at radius 3 is 2.71 bits per heavy atom. The van der Waals surface area contributed by atoms with E-state index in [9.17, 15) is 4.79 Å². The Morgan fingerprint density at radius 2 is 2.05 bits per heavy atom. The summed E-state index contributed by atoms with van der Waals surface area (Å²) < 4.78 is 0. The molecule has 0 fully saturated rings. The van der Waals surface area contributed by atoms with Gasteiger partial charge in [0.05, 0.1) is 5.39 Å². The SMILES string of the molecule is CCc1cc2c(Nc3ccc(C(N)=O)cc3)ncnc2s1. The van der Waals surface area contributed by atoms with Crippen LogP contribution in [0.3, 0.4) is 0 Å². The number of carbonyl (C=O) groups excluding carboxylic acids is 1. The molecule has 2 heterocycles. The van der Waals surface area contributed by atoms with Crippen molar-refractivity contribution in [2.75, 3.05) is 5.32 Å². The van der Waals surface area contributed by atoms with Crippen molar-refractivity contribution in [3.8, 4) is 0 Å². The highest BCUT2D eigenvalue weighted by Gasteiger charge is 2.08. The number of hydrogen-bond donors (Lipinski definition) is 2. The molecule has 6 heteroatoms. The van der Waals surface area contributed by atoms with Gasteiger partial charge in [0.2, 0.25) is 5.91 Å². The third kappa shape index (κ3) is 2.71. The first-order valence-electron chi connectivity index (χ1n) is 6.57. The fourth-order valence-electron chi connectivity index (χ4n) is 2.03. The lowest BCUT2D eigenvalue weighted by molar-refractivity contribution is 0.100. The average Bonchev–Trinajstić information content (AvgIpc) is 2.92. The number of nitrogens with one attached hydrogen (secondary N) is 1. The molecule has 0 aliphatic carbocycles. The van der Waals surface area contributed by atoms with Gasteiger partial charge in [-0.2, -0.15) is 0 Å². The summed E-state index contributed by atoms with van der Waals surface area (Å²) in [7, 11) is 0. The van der Waals surface area contributed by atoms with Crippen molar-refractivity contribution >= 4 is 39.0 Å². The highest BCUT2D eigenvalue weighted by Crippen LogP contribution is 2.30. The smallest absolute Gasteiger partial charge is 0.248 e. The highest BCUT2D eigenvalue weighted by atomic mass is 32.1. The van der Waals surface area contributed by atoms with Crippen LogP contribution in [0.5, 0.6) is 0 Å². The quantitative estimate of drug-likeness (QED) is 0.775. The van der Waals surface area contributed by atoms with Gasteiger partial charge >= 0.3 is 0 Å². The number of benzene rings is 1. The number of rotatable bonds is 4. The lowest BCUT2D eigenvalue weighted by Gasteiger charge is -2.06. The van der Waals surface area contributed by atoms with Crippen LogP contribution in [0.15, 0.2) is 36.7 Å². The molecule has 3 N–H and O–H groups in total. The van der Waals surface area contributed by atoms with E-state index in [1.807, 2.05) is 0 Å². The second kappa shape index (κ2) is 5.49. The van der Waals surface area contributed by atoms with E-state index >= 15 is 0 Å². The number of anilines is 2. The number of amides is 1. The zero-order chi connectivity index (χ0) is 14.8. The minimum absolute atomic E-state index is 0.434. The van der Waals surface area contributed by atoms with Gasteiger partial charge in [-0.1, -0.05) is 6.92 Å². The molecule has 0 unspecified atom stereocenters. The van der Waals surface area contributed by atoms with E-state index in [2.05, 4.69) is 28.3 Å². The van der Waals surface area contributed by atoms with Crippen LogP contribution in [0.1, 0.15) is 22.2 Å². The van der Waals surface area contributed by atoms with Crippen molar-refractivity contribution in [3.63, 3.8) is 0 Å². The summed E-state index contributed by atoms with van der Waals surface area (Å²) in [6, 6.07) is 9.10. The number of aromatic nitrogens is 2. The molecule has 21 heavy (non-hydrogen) atoms. The van der Waals surface area contributed by atoms with Crippen molar-refractivity contribution in [1.82, 2.24) is 9.97 Å². The summed E-state index contributed by atoms with van der Waals surface area (Å²) in [6.07, 6.45) is 2.53. The first-order chi connectivity index (χ1) is 10.2. The summed E-state index contributed by atoms with van der Waals surface area (Å²) >= 11 is 1.68. The number of thiophene rings is 1. The van der Waals surface area contributed by atoms with Crippen LogP contribution in [0.2, 0.25) is 0 Å². The monoisotopic (exact) mass is 298 g/mol. The van der Waals surface area contributed by atoms with Crippen molar-refractivity contribution in [2.24, 2.45) is 5.73 Å². The Balaban J connectivity index is 1.93. The Kier molecular flexibility index (Phi) is 3.53. The molecule has 0 saturated heterocycles. The number of fused-ring (bicyclic) bond motifs is 1. The summed E-state index contributed by atoms with van der Waals surface area (Å²) in [5.74, 6) is 0.333. The van der Waals surface area contributed by atoms with Gasteiger partial charge in [-0.25, -0.2) is 9.97 Å². The molecule has 106 valence electrons. The van der Waals surface area contributed by atoms with Gasteiger partial charge in [0.1, 0.15) is 17.0 Å². The minimum Gasteiger partial charge on any atom is -0.366 e. The molecule has 1 aromatic carbocycles. The first-order valence-corrected chi connectivity index (χ1v) is 7.39. The van der Waals surface area contributed by atoms with Crippen LogP contribution in [0.25, 0.3) is 10.2 Å². The summed E-state index contributed by atoms with van der Waals surface area (Å²) in [4.78, 5) is 21.9. The second-order valence-electron chi connectivity index (χ2n) is 4.57. The summed E-state index contributed by atoms with van der Waals surface area (Å²) in [5.41, 5.74) is 6.56. The molecule has 2 aromatic heterocycles. The van der Waals surface area contributed by atoms with Crippen LogP contribution in [0, 0.1) is 0 Å². The van der Waals surface area contributed by atoms with Crippen LogP contribution in [0.4, 0.5) is 11.5 Å². The third-order valence-electron chi connectivity index (χ3n) is 3.16. The Morgan fingerprint density at radius 1 is 1.29 bits per heavy atom. The van der Waals surface area contributed by atoms with Crippen molar-refractivity contribution < 1.29 is 4.79 Å². The Labute approximate surface area is 125 Å². The molecule has 3 aromatic rings. The van der Waals surface area contributed by atoms with E-state index < -0.39 is 5.91 Å². The maximum Gasteiger partial charge on any atom is 0.248 e. The zero-order valence-electron chi connectivity index (χ0n) is 11.5. The lowest BCUT2D eigenvalue weighted by Crippen LogP contribution is -2.10. The molecule has 0 atom stereocenters. The third-order valence-corrected chi connectivity index (χ3v) is 4.35. The van der Waals surface area contributed by atoms with Crippen LogP contribution < -0.4 is 11.1 Å². The Hall–Kier alpha value is -2.47. The minimum atomic E-state index is -0.434. The molecule has 0 aliphatic rings. The van der Waals surface area contributed by atoms with Crippen LogP contribution in [-0.4, -0.2) is 15.9 Å². The van der Waals surface area contributed by atoms with Crippen molar-refractivity contribution in [2.45, 2.75) is 13.3 Å². The largest absolute Gasteiger partial charge is 0.366 e. The van der Waals surface area contributed by atoms with E-state index in [1.165, 1.54) is 4.88 Å². The molecule has 3 rings (SSSR count). The van der Waals surface area contributed by atoms with E-state index in [1.54, 1.807) is 41.9 Å². The van der Waals surface area contributed by atoms with E-state index in [0.717, 1.165) is 28.1 Å². The number of carbonyl (C=O) groups is 1. The maximum absolute atomic E-state index is 11.1. The number of primary amides is 1. The predicted molar refractivity (Wildman–Crippen MR) is 85.0 cm³/mol. The first kappa shape index (κ1) is 13.5. The van der Waals surface area contributed by atoms with Gasteiger partial charge in [-0.3, -0.25) is 4.79 Å². The van der Waals surface area contributed by atoms with Gasteiger partial charge in [-0.05, 0) is 36.8 Å². The van der Waals surface area contributed by atoms with Gasteiger partial charge in [0.15, 0.2) is 0 Å². The summed E-state index contributed by atoms with van der Waals surface area (Å²) in [6.45, 7) is 2.12. The number of hydrogen-bond acceptors (Lipinski definition) is 5. The number of nitrogens with zero attached hydrogens (tertiary/aromatic N) is 2. The zero-order valence-corrected chi connectivity index (χ0v) is 12.3. The fourth-order valence-corrected chi connectivity index (χ4v) is 2.97. The van der Waals surface area contributed by atoms with E-state index in [4.69, 9.17) is 5.73 Å². The fraction of sp³-hybridized carbons (Fsp3) is 0.133. The van der Waals surface area contributed by atoms with Crippen molar-refractivity contribution in [1.29, 1.82) is 0 Å².